The normalized spacial score (nSPS) is 11.0. The quantitative estimate of drug-likeness (QED) is 0.665. The van der Waals surface area contributed by atoms with Crippen LogP contribution in [0.5, 0.6) is 0 Å². The Morgan fingerprint density at radius 1 is 1.19 bits per heavy atom. The van der Waals surface area contributed by atoms with E-state index >= 15 is 0 Å². The third kappa shape index (κ3) is 2.67. The molecule has 106 valence electrons. The minimum absolute atomic E-state index is 0.0891. The van der Waals surface area contributed by atoms with Gasteiger partial charge in [-0.1, -0.05) is 35.3 Å². The molecule has 0 N–H and O–H groups in total. The molecule has 0 atom stereocenters. The first kappa shape index (κ1) is 14.1. The van der Waals surface area contributed by atoms with Gasteiger partial charge < -0.3 is 4.57 Å². The predicted molar refractivity (Wildman–Crippen MR) is 85.3 cm³/mol. The van der Waals surface area contributed by atoms with Crippen LogP contribution < -0.4 is 0 Å². The number of carbonyl (C=O) groups is 1. The minimum atomic E-state index is -0.0891. The SMILES string of the molecule is Cc1nc2ccccc2n1CC(=O)c1cc(Cl)ccc1Cl. The van der Waals surface area contributed by atoms with Gasteiger partial charge in [0.2, 0.25) is 0 Å². The number of carbonyl (C=O) groups excluding carboxylic acids is 1. The standard InChI is InChI=1S/C16H12Cl2N2O/c1-10-19-14-4-2-3-5-15(14)20(10)9-16(21)12-8-11(17)6-7-13(12)18/h2-8H,9H2,1H3. The number of aryl methyl sites for hydroxylation is 1. The molecule has 0 amide bonds. The Morgan fingerprint density at radius 3 is 2.76 bits per heavy atom. The van der Waals surface area contributed by atoms with Gasteiger partial charge in [-0.05, 0) is 37.3 Å². The van der Waals surface area contributed by atoms with Crippen LogP contribution in [0, 0.1) is 6.92 Å². The second-order valence-corrected chi connectivity index (χ2v) is 5.62. The Hall–Kier alpha value is -1.84. The Balaban J connectivity index is 2.00. The molecule has 0 fully saturated rings. The molecule has 0 aliphatic rings. The number of imidazole rings is 1. The minimum Gasteiger partial charge on any atom is -0.320 e. The van der Waals surface area contributed by atoms with Crippen molar-refractivity contribution in [3.8, 4) is 0 Å². The van der Waals surface area contributed by atoms with Gasteiger partial charge in [-0.15, -0.1) is 0 Å². The highest BCUT2D eigenvalue weighted by Gasteiger charge is 2.15. The van der Waals surface area contributed by atoms with Gasteiger partial charge in [-0.25, -0.2) is 4.98 Å². The summed E-state index contributed by atoms with van der Waals surface area (Å²) in [6.45, 7) is 2.07. The van der Waals surface area contributed by atoms with E-state index in [2.05, 4.69) is 4.98 Å². The Kier molecular flexibility index (Phi) is 3.70. The molecule has 1 aromatic heterocycles. The molecule has 5 heteroatoms. The summed E-state index contributed by atoms with van der Waals surface area (Å²) in [6.07, 6.45) is 0. The van der Waals surface area contributed by atoms with E-state index in [1.54, 1.807) is 18.2 Å². The van der Waals surface area contributed by atoms with Gasteiger partial charge in [-0.2, -0.15) is 0 Å². The molecule has 3 rings (SSSR count). The fraction of sp³-hybridized carbons (Fsp3) is 0.125. The summed E-state index contributed by atoms with van der Waals surface area (Å²) in [5.41, 5.74) is 2.24. The van der Waals surface area contributed by atoms with Crippen molar-refractivity contribution >= 4 is 40.0 Å². The van der Waals surface area contributed by atoms with Gasteiger partial charge in [0, 0.05) is 10.6 Å². The van der Waals surface area contributed by atoms with Crippen LogP contribution in [0.25, 0.3) is 11.0 Å². The van der Waals surface area contributed by atoms with Crippen molar-refractivity contribution in [2.75, 3.05) is 0 Å². The van der Waals surface area contributed by atoms with E-state index in [0.717, 1.165) is 16.9 Å². The molecule has 0 aliphatic carbocycles. The number of fused-ring (bicyclic) bond motifs is 1. The summed E-state index contributed by atoms with van der Waals surface area (Å²) >= 11 is 12.0. The highest BCUT2D eigenvalue weighted by Crippen LogP contribution is 2.23. The number of Topliss-reactive ketones (excluding diaryl/α,β-unsaturated/α-hetero) is 1. The molecule has 21 heavy (non-hydrogen) atoms. The lowest BCUT2D eigenvalue weighted by molar-refractivity contribution is 0.0972. The summed E-state index contributed by atoms with van der Waals surface area (Å²) in [6, 6.07) is 12.6. The van der Waals surface area contributed by atoms with Crippen LogP contribution in [-0.2, 0) is 6.54 Å². The maximum Gasteiger partial charge on any atom is 0.184 e. The third-order valence-corrected chi connectivity index (χ3v) is 3.94. The van der Waals surface area contributed by atoms with Crippen molar-refractivity contribution in [3.63, 3.8) is 0 Å². The van der Waals surface area contributed by atoms with Crippen LogP contribution in [-0.4, -0.2) is 15.3 Å². The number of hydrogen-bond donors (Lipinski definition) is 0. The number of rotatable bonds is 3. The first-order valence-electron chi connectivity index (χ1n) is 6.46. The van der Waals surface area contributed by atoms with Crippen molar-refractivity contribution in [1.82, 2.24) is 9.55 Å². The van der Waals surface area contributed by atoms with E-state index in [1.165, 1.54) is 0 Å². The first-order valence-corrected chi connectivity index (χ1v) is 7.22. The van der Waals surface area contributed by atoms with E-state index in [0.29, 0.717) is 15.6 Å². The number of para-hydroxylation sites is 2. The van der Waals surface area contributed by atoms with Crippen molar-refractivity contribution < 1.29 is 4.79 Å². The van der Waals surface area contributed by atoms with E-state index < -0.39 is 0 Å². The average molecular weight is 319 g/mol. The zero-order chi connectivity index (χ0) is 15.0. The fourth-order valence-electron chi connectivity index (χ4n) is 2.34. The van der Waals surface area contributed by atoms with Gasteiger partial charge in [0.15, 0.2) is 5.78 Å². The van der Waals surface area contributed by atoms with Crippen molar-refractivity contribution in [2.24, 2.45) is 0 Å². The van der Waals surface area contributed by atoms with Gasteiger partial charge in [0.05, 0.1) is 22.6 Å². The molecule has 3 nitrogen and oxygen atoms in total. The topological polar surface area (TPSA) is 34.9 Å². The Bertz CT molecular complexity index is 839. The highest BCUT2D eigenvalue weighted by molar-refractivity contribution is 6.35. The molecule has 1 heterocycles. The number of nitrogens with zero attached hydrogens (tertiary/aromatic N) is 2. The lowest BCUT2D eigenvalue weighted by Gasteiger charge is -2.08. The monoisotopic (exact) mass is 318 g/mol. The maximum absolute atomic E-state index is 12.5. The second-order valence-electron chi connectivity index (χ2n) is 4.78. The molecule has 0 saturated carbocycles. The molecule has 2 aromatic carbocycles. The molecular formula is C16H12Cl2N2O. The van der Waals surface area contributed by atoms with Crippen molar-refractivity contribution in [2.45, 2.75) is 13.5 Å². The molecule has 3 aromatic rings. The molecule has 0 bridgehead atoms. The summed E-state index contributed by atoms with van der Waals surface area (Å²) < 4.78 is 1.88. The maximum atomic E-state index is 12.5. The Morgan fingerprint density at radius 2 is 1.95 bits per heavy atom. The smallest absolute Gasteiger partial charge is 0.184 e. The van der Waals surface area contributed by atoms with E-state index in [1.807, 2.05) is 35.8 Å². The van der Waals surface area contributed by atoms with Crippen LogP contribution >= 0.6 is 23.2 Å². The lowest BCUT2D eigenvalue weighted by atomic mass is 10.1. The van der Waals surface area contributed by atoms with E-state index in [4.69, 9.17) is 23.2 Å². The van der Waals surface area contributed by atoms with Gasteiger partial charge in [0.25, 0.3) is 0 Å². The fourth-order valence-corrected chi connectivity index (χ4v) is 2.73. The summed E-state index contributed by atoms with van der Waals surface area (Å²) in [4.78, 5) is 16.9. The van der Waals surface area contributed by atoms with Gasteiger partial charge in [-0.3, -0.25) is 4.79 Å². The van der Waals surface area contributed by atoms with Crippen LogP contribution in [0.15, 0.2) is 42.5 Å². The summed E-state index contributed by atoms with van der Waals surface area (Å²) in [7, 11) is 0. The van der Waals surface area contributed by atoms with Crippen LogP contribution in [0.4, 0.5) is 0 Å². The third-order valence-electron chi connectivity index (χ3n) is 3.38. The highest BCUT2D eigenvalue weighted by atomic mass is 35.5. The zero-order valence-electron chi connectivity index (χ0n) is 11.3. The molecule has 0 radical (unpaired) electrons. The van der Waals surface area contributed by atoms with Crippen LogP contribution in [0.3, 0.4) is 0 Å². The van der Waals surface area contributed by atoms with Gasteiger partial charge >= 0.3 is 0 Å². The lowest BCUT2D eigenvalue weighted by Crippen LogP contribution is -2.12. The van der Waals surface area contributed by atoms with Crippen LogP contribution in [0.1, 0.15) is 16.2 Å². The average Bonchev–Trinajstić information content (AvgIpc) is 2.78. The molecular weight excluding hydrogens is 307 g/mol. The van der Waals surface area contributed by atoms with Crippen LogP contribution in [0.2, 0.25) is 10.0 Å². The van der Waals surface area contributed by atoms with Crippen molar-refractivity contribution in [3.05, 3.63) is 63.9 Å². The number of ketones is 1. The number of aromatic nitrogens is 2. The van der Waals surface area contributed by atoms with Crippen molar-refractivity contribution in [1.29, 1.82) is 0 Å². The number of hydrogen-bond acceptors (Lipinski definition) is 2. The van der Waals surface area contributed by atoms with E-state index in [9.17, 15) is 4.79 Å². The van der Waals surface area contributed by atoms with Gasteiger partial charge in [0.1, 0.15) is 5.82 Å². The zero-order valence-corrected chi connectivity index (χ0v) is 12.8. The Labute approximate surface area is 132 Å². The number of halogens is 2. The molecule has 0 aliphatic heterocycles. The molecule has 0 saturated heterocycles. The number of benzene rings is 2. The first-order chi connectivity index (χ1) is 10.1. The molecule has 0 unspecified atom stereocenters. The summed E-state index contributed by atoms with van der Waals surface area (Å²) in [5.74, 6) is 0.705. The molecule has 0 spiro atoms. The van der Waals surface area contributed by atoms with E-state index in [-0.39, 0.29) is 12.3 Å². The predicted octanol–water partition coefficient (Wildman–Crippen LogP) is 4.53. The second kappa shape index (κ2) is 5.51. The summed E-state index contributed by atoms with van der Waals surface area (Å²) in [5, 5.41) is 0.904. The largest absolute Gasteiger partial charge is 0.320 e.